The summed E-state index contributed by atoms with van der Waals surface area (Å²) in [5, 5.41) is 19.3. The van der Waals surface area contributed by atoms with Crippen LogP contribution in [0.25, 0.3) is 90.9 Å². The van der Waals surface area contributed by atoms with Crippen molar-refractivity contribution in [3.63, 3.8) is 0 Å². The zero-order valence-electron chi connectivity index (χ0n) is 28.4. The number of nitrogens with one attached hydrogen (secondary N) is 2. The number of carbonyl (C=O) groups is 2. The molecule has 0 amide bonds. The summed E-state index contributed by atoms with van der Waals surface area (Å²) >= 11 is 0. The van der Waals surface area contributed by atoms with E-state index in [9.17, 15) is 19.8 Å². The van der Waals surface area contributed by atoms with Gasteiger partial charge in [0.25, 0.3) is 0 Å². The van der Waals surface area contributed by atoms with Crippen molar-refractivity contribution in [3.05, 3.63) is 156 Å². The van der Waals surface area contributed by atoms with Gasteiger partial charge in [0.15, 0.2) is 0 Å². The van der Waals surface area contributed by atoms with Crippen LogP contribution < -0.4 is 0 Å². The van der Waals surface area contributed by atoms with Gasteiger partial charge in [0, 0.05) is 69.1 Å². The number of benzene rings is 2. The van der Waals surface area contributed by atoms with Crippen molar-refractivity contribution < 1.29 is 19.8 Å². The fourth-order valence-electron chi connectivity index (χ4n) is 7.02. The molecule has 0 saturated carbocycles. The topological polar surface area (TPSA) is 158 Å². The number of aromatic nitrogens is 6. The Morgan fingerprint density at radius 1 is 0.389 bits per heavy atom. The highest BCUT2D eigenvalue weighted by molar-refractivity contribution is 6.00. The molecule has 5 aromatic heterocycles. The SMILES string of the molecule is O=C(O)c1ccc(-c2c3nc(c(-c4ccncc4)c4ccc([nH]4)c(-c4ccc(C(=O)O)cc4)c4nc(c(-c5ccncc5)c5ccc2[nH]5)C=C4)C=C3)cc1. The van der Waals surface area contributed by atoms with E-state index in [4.69, 9.17) is 9.97 Å². The molecule has 4 N–H and O–H groups in total. The van der Waals surface area contributed by atoms with Gasteiger partial charge in [-0.25, -0.2) is 19.6 Å². The predicted octanol–water partition coefficient (Wildman–Crippen LogP) is 9.51. The largest absolute Gasteiger partial charge is 0.478 e. The number of carboxylic acid groups (broad SMARTS) is 2. The normalized spacial score (nSPS) is 11.9. The Hall–Kier alpha value is -7.72. The molecule has 2 aliphatic heterocycles. The average Bonchev–Trinajstić information content (AvgIpc) is 4.04. The molecule has 2 aliphatic rings. The number of H-pyrrole nitrogens is 2. The lowest BCUT2D eigenvalue weighted by molar-refractivity contribution is 0.0686. The zero-order valence-corrected chi connectivity index (χ0v) is 28.4. The average molecular weight is 705 g/mol. The van der Waals surface area contributed by atoms with E-state index in [-0.39, 0.29) is 11.1 Å². The Balaban J connectivity index is 1.44. The number of carboxylic acids is 2. The zero-order chi connectivity index (χ0) is 36.8. The Morgan fingerprint density at radius 3 is 0.944 bits per heavy atom. The van der Waals surface area contributed by atoms with Gasteiger partial charge in [-0.1, -0.05) is 24.3 Å². The molecule has 54 heavy (non-hydrogen) atoms. The van der Waals surface area contributed by atoms with E-state index < -0.39 is 11.9 Å². The minimum atomic E-state index is -1.00. The first kappa shape index (κ1) is 32.2. The fourth-order valence-corrected chi connectivity index (χ4v) is 7.02. The van der Waals surface area contributed by atoms with Gasteiger partial charge in [-0.2, -0.15) is 0 Å². The summed E-state index contributed by atoms with van der Waals surface area (Å²) < 4.78 is 0. The van der Waals surface area contributed by atoms with Crippen molar-refractivity contribution >= 4 is 58.3 Å². The molecule has 0 unspecified atom stereocenters. The van der Waals surface area contributed by atoms with Crippen LogP contribution in [0.2, 0.25) is 0 Å². The molecule has 0 spiro atoms. The number of hydrogen-bond donors (Lipinski definition) is 4. The van der Waals surface area contributed by atoms with E-state index in [1.165, 1.54) is 0 Å². The van der Waals surface area contributed by atoms with Crippen molar-refractivity contribution in [2.75, 3.05) is 0 Å². The van der Waals surface area contributed by atoms with E-state index in [0.29, 0.717) is 22.8 Å². The Kier molecular flexibility index (Phi) is 7.82. The number of aromatic carboxylic acids is 2. The molecule has 2 aromatic carbocycles. The van der Waals surface area contributed by atoms with Gasteiger partial charge < -0.3 is 20.2 Å². The summed E-state index contributed by atoms with van der Waals surface area (Å²) in [5.74, 6) is -2.00. The van der Waals surface area contributed by atoms with Crippen LogP contribution in [-0.4, -0.2) is 52.1 Å². The van der Waals surface area contributed by atoms with Crippen molar-refractivity contribution in [3.8, 4) is 44.5 Å². The number of aromatic amines is 2. The molecule has 8 bridgehead atoms. The molecule has 0 aliphatic carbocycles. The van der Waals surface area contributed by atoms with E-state index in [0.717, 1.165) is 66.6 Å². The number of nitrogens with zero attached hydrogens (tertiary/aromatic N) is 4. The second-order valence-corrected chi connectivity index (χ2v) is 12.7. The maximum absolute atomic E-state index is 11.8. The standard InChI is InChI=1S/C44H28N6O4/c51-43(52)29-5-1-25(2-6-29)39-31-9-13-35(47-31)41(27-17-21-45-22-18-27)37-15-11-33(49-37)40(26-3-7-30(8-4-26)44(53)54)34-12-16-38(50-34)42(28-19-23-46-24-20-28)36-14-10-32(39)48-36/h1-24,47,50H,(H,51,52)(H,53,54). The van der Waals surface area contributed by atoms with Gasteiger partial charge in [-0.3, -0.25) is 9.97 Å². The van der Waals surface area contributed by atoms with Crippen LogP contribution in [0.3, 0.4) is 0 Å². The van der Waals surface area contributed by atoms with Gasteiger partial charge in [-0.15, -0.1) is 0 Å². The van der Waals surface area contributed by atoms with Crippen LogP contribution in [0.15, 0.2) is 122 Å². The monoisotopic (exact) mass is 704 g/mol. The third-order valence-electron chi connectivity index (χ3n) is 9.53. The fraction of sp³-hybridized carbons (Fsp3) is 0. The molecule has 258 valence electrons. The molecular weight excluding hydrogens is 677 g/mol. The lowest BCUT2D eigenvalue weighted by Crippen LogP contribution is -1.95. The second kappa shape index (κ2) is 13.1. The first-order valence-corrected chi connectivity index (χ1v) is 17.1. The lowest BCUT2D eigenvalue weighted by atomic mass is 10.0. The minimum absolute atomic E-state index is 0.187. The third kappa shape index (κ3) is 5.73. The molecule has 0 radical (unpaired) electrons. The quantitative estimate of drug-likeness (QED) is 0.133. The highest BCUT2D eigenvalue weighted by Gasteiger charge is 2.19. The van der Waals surface area contributed by atoms with Crippen molar-refractivity contribution in [2.45, 2.75) is 0 Å². The van der Waals surface area contributed by atoms with Crippen molar-refractivity contribution in [2.24, 2.45) is 0 Å². The maximum Gasteiger partial charge on any atom is 0.335 e. The Labute approximate surface area is 307 Å². The first-order valence-electron chi connectivity index (χ1n) is 17.1. The van der Waals surface area contributed by atoms with Crippen LogP contribution >= 0.6 is 0 Å². The molecule has 7 aromatic rings. The van der Waals surface area contributed by atoms with Gasteiger partial charge in [0.2, 0.25) is 0 Å². The highest BCUT2D eigenvalue weighted by Crippen LogP contribution is 2.38. The minimum Gasteiger partial charge on any atom is -0.478 e. The van der Waals surface area contributed by atoms with Crippen LogP contribution in [-0.2, 0) is 0 Å². The van der Waals surface area contributed by atoms with Crippen LogP contribution in [0.5, 0.6) is 0 Å². The van der Waals surface area contributed by atoms with E-state index in [2.05, 4.69) is 19.9 Å². The molecule has 0 saturated heterocycles. The van der Waals surface area contributed by atoms with Gasteiger partial charge >= 0.3 is 11.9 Å². The highest BCUT2D eigenvalue weighted by atomic mass is 16.4. The lowest BCUT2D eigenvalue weighted by Gasteiger charge is -2.07. The number of pyridine rings is 2. The van der Waals surface area contributed by atoms with Gasteiger partial charge in [0.05, 0.1) is 33.9 Å². The Bertz CT molecular complexity index is 2660. The number of fused-ring (bicyclic) bond motifs is 8. The smallest absolute Gasteiger partial charge is 0.335 e. The van der Waals surface area contributed by atoms with E-state index in [1.54, 1.807) is 73.3 Å². The summed E-state index contributed by atoms with van der Waals surface area (Å²) in [6.07, 6.45) is 14.9. The molecule has 9 rings (SSSR count). The van der Waals surface area contributed by atoms with Crippen molar-refractivity contribution in [1.29, 1.82) is 0 Å². The van der Waals surface area contributed by atoms with E-state index in [1.807, 2.05) is 72.8 Å². The summed E-state index contributed by atoms with van der Waals surface area (Å²) in [7, 11) is 0. The predicted molar refractivity (Wildman–Crippen MR) is 210 cm³/mol. The van der Waals surface area contributed by atoms with E-state index >= 15 is 0 Å². The van der Waals surface area contributed by atoms with Crippen LogP contribution in [0.4, 0.5) is 0 Å². The van der Waals surface area contributed by atoms with Gasteiger partial charge in [0.1, 0.15) is 0 Å². The molecule has 0 fully saturated rings. The number of hydrogen-bond acceptors (Lipinski definition) is 6. The molecule has 7 heterocycles. The second-order valence-electron chi connectivity index (χ2n) is 12.7. The molecular formula is C44H28N6O4. The summed E-state index contributed by atoms with van der Waals surface area (Å²) in [6, 6.07) is 29.4. The molecule has 0 atom stereocenters. The number of rotatable bonds is 6. The van der Waals surface area contributed by atoms with Crippen LogP contribution in [0, 0.1) is 0 Å². The van der Waals surface area contributed by atoms with Crippen LogP contribution in [0.1, 0.15) is 43.5 Å². The maximum atomic E-state index is 11.8. The molecule has 10 heteroatoms. The Morgan fingerprint density at radius 2 is 0.667 bits per heavy atom. The molecule has 10 nitrogen and oxygen atoms in total. The van der Waals surface area contributed by atoms with Gasteiger partial charge in [-0.05, 0) is 119 Å². The first-order chi connectivity index (χ1) is 26.4. The van der Waals surface area contributed by atoms with Crippen molar-refractivity contribution in [1.82, 2.24) is 29.9 Å². The summed E-state index contributed by atoms with van der Waals surface area (Å²) in [5.41, 5.74) is 13.0. The summed E-state index contributed by atoms with van der Waals surface area (Å²) in [6.45, 7) is 0. The summed E-state index contributed by atoms with van der Waals surface area (Å²) in [4.78, 5) is 49.8. The third-order valence-corrected chi connectivity index (χ3v) is 9.53.